The number of carbonyl (C=O) groups excluding carboxylic acids is 11. The third kappa shape index (κ3) is 22.3. The van der Waals surface area contributed by atoms with Gasteiger partial charge in [0.15, 0.2) is 0 Å². The van der Waals surface area contributed by atoms with Crippen molar-refractivity contribution >= 4 is 65.0 Å². The molecule has 1 rings (SSSR count). The van der Waals surface area contributed by atoms with Crippen LogP contribution in [-0.4, -0.2) is 251 Å². The molecule has 25 nitrogen and oxygen atoms in total. The van der Waals surface area contributed by atoms with Crippen LogP contribution in [0.3, 0.4) is 0 Å². The number of likely N-dealkylation sites (N-methyl/N-ethyl adjacent to an activating group) is 7. The van der Waals surface area contributed by atoms with Crippen molar-refractivity contribution in [3.63, 3.8) is 0 Å². The van der Waals surface area contributed by atoms with Gasteiger partial charge in [-0.15, -0.1) is 0 Å². The molecule has 0 aromatic rings. The van der Waals surface area contributed by atoms with Gasteiger partial charge in [-0.1, -0.05) is 95.2 Å². The quantitative estimate of drug-likeness (QED) is 0.108. The molecule has 13 atom stereocenters. The van der Waals surface area contributed by atoms with E-state index in [-0.39, 0.29) is 56.3 Å². The van der Waals surface area contributed by atoms with Gasteiger partial charge < -0.3 is 70.5 Å². The fourth-order valence-electron chi connectivity index (χ4n) is 11.2. The van der Waals surface area contributed by atoms with Gasteiger partial charge in [0.2, 0.25) is 65.0 Å². The number of nitrogens with zero attached hydrogens (tertiary/aromatic N) is 7. The third-order valence-electron chi connectivity index (χ3n) is 17.4. The standard InChI is InChI=1S/C65H117N11O14/c1-26-28-29-41(13)53(78)52-57(82)68-44(27-2)59(84)74(22)49(35-77)62(87)73(21)48(34-65(16,17)90-25)56(81)69-50(39(9)10)63(88)71(19)46(32-37(5)6)55(80)66-42(14)54(79)67-43(15)58(83)72(20)47(33-38(7)8)61(86)70(18)45(31-30-36(3)4)60(85)75(23)51(40(11)12)64(89)76(52)24/h26,28,36-53,77-78H,27,29-35H2,1-25H3,(H,66,80)(H,67,79)(H,68,82)(H,69,81)/b28-26+/t41-,42-,43+,44-,45-,46-,47-,48+,49-,50-,51-,52+,53-/m1/s1. The highest BCUT2D eigenvalue weighted by Crippen LogP contribution is 2.27. The number of carbonyl (C=O) groups is 11. The predicted molar refractivity (Wildman–Crippen MR) is 345 cm³/mol. The molecule has 1 fully saturated rings. The molecule has 1 aliphatic rings. The molecule has 1 saturated heterocycles. The number of ether oxygens (including phenoxy) is 1. The van der Waals surface area contributed by atoms with Gasteiger partial charge in [0.1, 0.15) is 66.5 Å². The Kier molecular flexibility index (Phi) is 33.4. The molecule has 0 aromatic carbocycles. The van der Waals surface area contributed by atoms with Gasteiger partial charge in [-0.3, -0.25) is 52.7 Å². The second kappa shape index (κ2) is 36.7. The normalized spacial score (nSPS) is 27.0. The molecule has 0 radical (unpaired) electrons. The highest BCUT2D eigenvalue weighted by atomic mass is 16.5. The fourth-order valence-corrected chi connectivity index (χ4v) is 11.2. The van der Waals surface area contributed by atoms with E-state index in [1.165, 1.54) is 89.9 Å². The van der Waals surface area contributed by atoms with E-state index < -0.39 is 168 Å². The lowest BCUT2D eigenvalue weighted by Gasteiger charge is -2.41. The maximum atomic E-state index is 15.3. The highest BCUT2D eigenvalue weighted by molar-refractivity contribution is 6.00. The Balaban J connectivity index is 4.49. The van der Waals surface area contributed by atoms with E-state index in [0.717, 1.165) is 14.7 Å². The molecular formula is C65H117N11O14. The zero-order valence-electron chi connectivity index (χ0n) is 59.1. The number of nitrogens with one attached hydrogen (secondary N) is 4. The summed E-state index contributed by atoms with van der Waals surface area (Å²) in [5.74, 6) is -10.5. The average molecular weight is 1280 g/mol. The lowest BCUT2D eigenvalue weighted by molar-refractivity contribution is -0.157. The first kappa shape index (κ1) is 81.8. The number of hydrogen-bond acceptors (Lipinski definition) is 14. The summed E-state index contributed by atoms with van der Waals surface area (Å²) in [4.78, 5) is 170. The largest absolute Gasteiger partial charge is 0.394 e. The predicted octanol–water partition coefficient (Wildman–Crippen LogP) is 2.79. The molecule has 1 aliphatic heterocycles. The van der Waals surface area contributed by atoms with Gasteiger partial charge in [-0.2, -0.15) is 0 Å². The fraction of sp³-hybridized carbons (Fsp3) is 0.800. The monoisotopic (exact) mass is 1280 g/mol. The number of aliphatic hydroxyl groups is 2. The Morgan fingerprint density at radius 1 is 0.511 bits per heavy atom. The summed E-state index contributed by atoms with van der Waals surface area (Å²) in [5.41, 5.74) is -1.08. The van der Waals surface area contributed by atoms with E-state index in [0.29, 0.717) is 6.42 Å². The van der Waals surface area contributed by atoms with Gasteiger partial charge in [-0.05, 0) is 109 Å². The van der Waals surface area contributed by atoms with E-state index in [1.807, 2.05) is 41.5 Å². The SMILES string of the molecule is C/C=C/C[C@@H](C)[C@@H](O)[C@H]1C(=O)N[C@H](CC)C(=O)N(C)[C@H](CO)C(=O)N(C)[C@@H](CC(C)(C)OC)C(=O)N[C@H](C(C)C)C(=O)N(C)[C@H](CC(C)C)C(=O)N[C@H](C)C(=O)N[C@@H](C)C(=O)N(C)[C@H](CC(C)C)C(=O)N(C)[C@H](CCC(C)C)C(=O)N(C)[C@H](C(C)C)C(=O)N1C. The summed E-state index contributed by atoms with van der Waals surface area (Å²) in [6.45, 7) is 28.4. The van der Waals surface area contributed by atoms with Crippen molar-refractivity contribution in [2.45, 2.75) is 241 Å². The molecule has 0 spiro atoms. The number of rotatable bonds is 18. The summed E-state index contributed by atoms with van der Waals surface area (Å²) in [6.07, 6.45) is 2.89. The molecule has 516 valence electrons. The summed E-state index contributed by atoms with van der Waals surface area (Å²) in [7, 11) is 11.0. The van der Waals surface area contributed by atoms with Crippen molar-refractivity contribution in [3.8, 4) is 0 Å². The van der Waals surface area contributed by atoms with Crippen LogP contribution in [0.4, 0.5) is 0 Å². The van der Waals surface area contributed by atoms with Crippen LogP contribution in [0.25, 0.3) is 0 Å². The summed E-state index contributed by atoms with van der Waals surface area (Å²) in [5, 5.41) is 34.0. The summed E-state index contributed by atoms with van der Waals surface area (Å²) < 4.78 is 5.72. The van der Waals surface area contributed by atoms with Gasteiger partial charge in [0.25, 0.3) is 0 Å². The van der Waals surface area contributed by atoms with Gasteiger partial charge in [0.05, 0.1) is 18.3 Å². The molecule has 0 aromatic heterocycles. The summed E-state index contributed by atoms with van der Waals surface area (Å²) in [6, 6.07) is -14.8. The van der Waals surface area contributed by atoms with Crippen LogP contribution >= 0.6 is 0 Å². The number of methoxy groups -OCH3 is 1. The Bertz CT molecular complexity index is 2470. The third-order valence-corrected chi connectivity index (χ3v) is 17.4. The zero-order chi connectivity index (χ0) is 69.9. The Morgan fingerprint density at radius 2 is 0.967 bits per heavy atom. The van der Waals surface area contributed by atoms with Crippen molar-refractivity contribution in [3.05, 3.63) is 12.2 Å². The minimum absolute atomic E-state index is 0.0570. The zero-order valence-corrected chi connectivity index (χ0v) is 59.1. The number of amides is 11. The topological polar surface area (TPSA) is 308 Å². The van der Waals surface area contributed by atoms with E-state index in [4.69, 9.17) is 4.74 Å². The second-order valence-electron chi connectivity index (χ2n) is 27.4. The molecule has 90 heavy (non-hydrogen) atoms. The van der Waals surface area contributed by atoms with Crippen LogP contribution in [0.1, 0.15) is 163 Å². The van der Waals surface area contributed by atoms with Crippen LogP contribution in [0.2, 0.25) is 0 Å². The van der Waals surface area contributed by atoms with Crippen LogP contribution in [0, 0.1) is 35.5 Å². The van der Waals surface area contributed by atoms with Gasteiger partial charge in [-0.25, -0.2) is 0 Å². The van der Waals surface area contributed by atoms with Crippen LogP contribution in [0.5, 0.6) is 0 Å². The lowest BCUT2D eigenvalue weighted by atomic mass is 9.91. The van der Waals surface area contributed by atoms with Crippen molar-refractivity contribution in [1.29, 1.82) is 0 Å². The molecule has 0 saturated carbocycles. The van der Waals surface area contributed by atoms with E-state index in [1.54, 1.807) is 74.5 Å². The molecule has 0 bridgehead atoms. The lowest BCUT2D eigenvalue weighted by Crippen LogP contribution is -2.64. The Morgan fingerprint density at radius 3 is 1.44 bits per heavy atom. The maximum Gasteiger partial charge on any atom is 0.248 e. The number of hydrogen-bond donors (Lipinski definition) is 6. The average Bonchev–Trinajstić information content (AvgIpc) is 1.06. The van der Waals surface area contributed by atoms with Crippen molar-refractivity contribution in [2.75, 3.05) is 63.1 Å². The molecule has 0 unspecified atom stereocenters. The Hall–Kier alpha value is -6.21. The number of allylic oxidation sites excluding steroid dienone is 2. The maximum absolute atomic E-state index is 15.3. The smallest absolute Gasteiger partial charge is 0.248 e. The molecule has 6 N–H and O–H groups in total. The minimum Gasteiger partial charge on any atom is -0.394 e. The van der Waals surface area contributed by atoms with Crippen LogP contribution in [-0.2, 0) is 57.5 Å². The van der Waals surface area contributed by atoms with Crippen molar-refractivity contribution < 1.29 is 67.7 Å². The van der Waals surface area contributed by atoms with Gasteiger partial charge in [0, 0.05) is 62.9 Å². The van der Waals surface area contributed by atoms with Crippen LogP contribution in [0.15, 0.2) is 12.2 Å². The highest BCUT2D eigenvalue weighted by Gasteiger charge is 2.47. The summed E-state index contributed by atoms with van der Waals surface area (Å²) >= 11 is 0. The molecule has 1 heterocycles. The van der Waals surface area contributed by atoms with Crippen molar-refractivity contribution in [2.24, 2.45) is 35.5 Å². The van der Waals surface area contributed by atoms with Gasteiger partial charge >= 0.3 is 0 Å². The first-order valence-electron chi connectivity index (χ1n) is 32.1. The molecule has 11 amide bonds. The minimum atomic E-state index is -1.68. The van der Waals surface area contributed by atoms with Crippen LogP contribution < -0.4 is 21.3 Å². The second-order valence-corrected chi connectivity index (χ2v) is 27.4. The molecule has 0 aliphatic carbocycles. The first-order valence-corrected chi connectivity index (χ1v) is 32.1. The van der Waals surface area contributed by atoms with Crippen molar-refractivity contribution in [1.82, 2.24) is 55.6 Å². The molecular weight excluding hydrogens is 1160 g/mol. The number of aliphatic hydroxyl groups excluding tert-OH is 2. The Labute approximate surface area is 537 Å². The molecule has 25 heteroatoms. The van der Waals surface area contributed by atoms with E-state index in [2.05, 4.69) is 21.3 Å². The first-order chi connectivity index (χ1) is 41.5. The van der Waals surface area contributed by atoms with E-state index >= 15 is 14.4 Å². The van der Waals surface area contributed by atoms with E-state index in [9.17, 15) is 48.6 Å².